The fraction of sp³-hybridized carbons (Fsp3) is 0.130. The maximum absolute atomic E-state index is 5.97. The number of nitrogens with zero attached hydrogens (tertiary/aromatic N) is 2. The summed E-state index contributed by atoms with van der Waals surface area (Å²) in [5, 5.41) is 4.05. The average molecular weight is 372 g/mol. The van der Waals surface area contributed by atoms with Crippen LogP contribution in [0.5, 0.6) is 11.5 Å². The summed E-state index contributed by atoms with van der Waals surface area (Å²) in [5.74, 6) is 2.40. The van der Waals surface area contributed by atoms with Gasteiger partial charge >= 0.3 is 0 Å². The molecule has 4 rings (SSSR count). The van der Waals surface area contributed by atoms with Crippen molar-refractivity contribution in [2.45, 2.75) is 13.0 Å². The molecule has 0 aliphatic rings. The number of hydrogen-bond acceptors (Lipinski definition) is 5. The summed E-state index contributed by atoms with van der Waals surface area (Å²) < 4.78 is 16.7. The third-order valence-electron chi connectivity index (χ3n) is 4.38. The Morgan fingerprint density at radius 1 is 0.821 bits per heavy atom. The standard InChI is InChI=1S/C23H20N2O3/c1-26-21-14-8-6-12-19(21)23-24-22(28-25-23)16-27-20-13-7-5-11-18(20)15-17-9-3-2-4-10-17/h2-14H,15-16H2,1H3. The summed E-state index contributed by atoms with van der Waals surface area (Å²) >= 11 is 0. The van der Waals surface area contributed by atoms with Crippen LogP contribution in [0, 0.1) is 0 Å². The lowest BCUT2D eigenvalue weighted by atomic mass is 10.0. The zero-order chi connectivity index (χ0) is 19.2. The highest BCUT2D eigenvalue weighted by atomic mass is 16.5. The Morgan fingerprint density at radius 2 is 1.54 bits per heavy atom. The molecular weight excluding hydrogens is 352 g/mol. The normalized spacial score (nSPS) is 10.6. The number of ether oxygens (including phenoxy) is 2. The minimum Gasteiger partial charge on any atom is -0.496 e. The van der Waals surface area contributed by atoms with Gasteiger partial charge in [-0.25, -0.2) is 0 Å². The molecule has 140 valence electrons. The number of rotatable bonds is 7. The first-order chi connectivity index (χ1) is 13.8. The Kier molecular flexibility index (Phi) is 5.33. The fourth-order valence-electron chi connectivity index (χ4n) is 3.00. The number of para-hydroxylation sites is 2. The third-order valence-corrected chi connectivity index (χ3v) is 4.38. The van der Waals surface area contributed by atoms with Crippen LogP contribution in [-0.4, -0.2) is 17.3 Å². The zero-order valence-electron chi connectivity index (χ0n) is 15.5. The Labute approximate surface area is 163 Å². The molecule has 4 aromatic rings. The van der Waals surface area contributed by atoms with Gasteiger partial charge in [0, 0.05) is 6.42 Å². The highest BCUT2D eigenvalue weighted by molar-refractivity contribution is 5.63. The second kappa shape index (κ2) is 8.39. The quantitative estimate of drug-likeness (QED) is 0.461. The predicted molar refractivity (Wildman–Crippen MR) is 106 cm³/mol. The molecule has 0 N–H and O–H groups in total. The maximum atomic E-state index is 5.97. The van der Waals surface area contributed by atoms with E-state index >= 15 is 0 Å². The minimum absolute atomic E-state index is 0.202. The molecule has 0 saturated carbocycles. The van der Waals surface area contributed by atoms with E-state index in [2.05, 4.69) is 28.3 Å². The van der Waals surface area contributed by atoms with Crippen molar-refractivity contribution in [3.63, 3.8) is 0 Å². The van der Waals surface area contributed by atoms with Crippen LogP contribution in [0.3, 0.4) is 0 Å². The summed E-state index contributed by atoms with van der Waals surface area (Å²) in [6.45, 7) is 0.202. The van der Waals surface area contributed by atoms with Crippen LogP contribution in [0.4, 0.5) is 0 Å². The average Bonchev–Trinajstić information content (AvgIpc) is 3.23. The van der Waals surface area contributed by atoms with Crippen molar-refractivity contribution in [3.8, 4) is 22.9 Å². The molecule has 0 aliphatic carbocycles. The van der Waals surface area contributed by atoms with Gasteiger partial charge < -0.3 is 14.0 Å². The van der Waals surface area contributed by atoms with E-state index in [1.807, 2.05) is 60.7 Å². The molecule has 0 saturated heterocycles. The van der Waals surface area contributed by atoms with Gasteiger partial charge in [-0.15, -0.1) is 0 Å². The van der Waals surface area contributed by atoms with E-state index in [4.69, 9.17) is 14.0 Å². The minimum atomic E-state index is 0.202. The Hall–Kier alpha value is -3.60. The second-order valence-electron chi connectivity index (χ2n) is 6.27. The van der Waals surface area contributed by atoms with Crippen molar-refractivity contribution in [1.82, 2.24) is 10.1 Å². The highest BCUT2D eigenvalue weighted by Crippen LogP contribution is 2.27. The molecule has 3 aromatic carbocycles. The maximum Gasteiger partial charge on any atom is 0.264 e. The lowest BCUT2D eigenvalue weighted by Gasteiger charge is -2.10. The molecule has 0 spiro atoms. The van der Waals surface area contributed by atoms with E-state index in [0.717, 1.165) is 23.3 Å². The zero-order valence-corrected chi connectivity index (χ0v) is 15.5. The van der Waals surface area contributed by atoms with E-state index in [1.165, 1.54) is 5.56 Å². The molecule has 5 nitrogen and oxygen atoms in total. The lowest BCUT2D eigenvalue weighted by Crippen LogP contribution is -1.99. The molecule has 0 amide bonds. The van der Waals surface area contributed by atoms with Crippen LogP contribution in [0.2, 0.25) is 0 Å². The second-order valence-corrected chi connectivity index (χ2v) is 6.27. The van der Waals surface area contributed by atoms with Crippen molar-refractivity contribution >= 4 is 0 Å². The number of aromatic nitrogens is 2. The van der Waals surface area contributed by atoms with Crippen LogP contribution in [0.25, 0.3) is 11.4 Å². The van der Waals surface area contributed by atoms with Crippen molar-refractivity contribution in [2.24, 2.45) is 0 Å². The van der Waals surface area contributed by atoms with Gasteiger partial charge in [0.1, 0.15) is 11.5 Å². The van der Waals surface area contributed by atoms with E-state index in [0.29, 0.717) is 17.5 Å². The van der Waals surface area contributed by atoms with E-state index in [1.54, 1.807) is 7.11 Å². The van der Waals surface area contributed by atoms with Crippen LogP contribution in [0.1, 0.15) is 17.0 Å². The number of methoxy groups -OCH3 is 1. The van der Waals surface area contributed by atoms with Crippen molar-refractivity contribution < 1.29 is 14.0 Å². The van der Waals surface area contributed by atoms with Gasteiger partial charge in [-0.1, -0.05) is 65.8 Å². The molecule has 0 fully saturated rings. The van der Waals surface area contributed by atoms with Crippen LogP contribution in [-0.2, 0) is 13.0 Å². The van der Waals surface area contributed by atoms with Crippen molar-refractivity contribution in [1.29, 1.82) is 0 Å². The lowest BCUT2D eigenvalue weighted by molar-refractivity contribution is 0.241. The predicted octanol–water partition coefficient (Wildman–Crippen LogP) is 4.92. The van der Waals surface area contributed by atoms with Crippen LogP contribution >= 0.6 is 0 Å². The van der Waals surface area contributed by atoms with Gasteiger partial charge in [0.05, 0.1) is 12.7 Å². The van der Waals surface area contributed by atoms with Gasteiger partial charge in [-0.05, 0) is 29.3 Å². The summed E-state index contributed by atoms with van der Waals surface area (Å²) in [6.07, 6.45) is 0.799. The molecule has 5 heteroatoms. The van der Waals surface area contributed by atoms with Crippen LogP contribution in [0.15, 0.2) is 83.4 Å². The topological polar surface area (TPSA) is 57.4 Å². The first-order valence-electron chi connectivity index (χ1n) is 9.04. The first kappa shape index (κ1) is 17.8. The fourth-order valence-corrected chi connectivity index (χ4v) is 3.00. The van der Waals surface area contributed by atoms with E-state index < -0.39 is 0 Å². The molecule has 0 radical (unpaired) electrons. The van der Waals surface area contributed by atoms with E-state index in [-0.39, 0.29) is 6.61 Å². The smallest absolute Gasteiger partial charge is 0.264 e. The van der Waals surface area contributed by atoms with E-state index in [9.17, 15) is 0 Å². The molecule has 0 bridgehead atoms. The summed E-state index contributed by atoms with van der Waals surface area (Å²) in [4.78, 5) is 4.44. The van der Waals surface area contributed by atoms with Gasteiger partial charge in [0.2, 0.25) is 5.82 Å². The van der Waals surface area contributed by atoms with Gasteiger partial charge in [0.15, 0.2) is 6.61 Å². The molecule has 28 heavy (non-hydrogen) atoms. The molecule has 0 aliphatic heterocycles. The largest absolute Gasteiger partial charge is 0.496 e. The molecular formula is C23H20N2O3. The van der Waals surface area contributed by atoms with Crippen LogP contribution < -0.4 is 9.47 Å². The first-order valence-corrected chi connectivity index (χ1v) is 9.04. The number of benzene rings is 3. The van der Waals surface area contributed by atoms with Gasteiger partial charge in [-0.2, -0.15) is 4.98 Å². The van der Waals surface area contributed by atoms with Crippen molar-refractivity contribution in [2.75, 3.05) is 7.11 Å². The summed E-state index contributed by atoms with van der Waals surface area (Å²) in [7, 11) is 1.62. The van der Waals surface area contributed by atoms with Gasteiger partial charge in [-0.3, -0.25) is 0 Å². The molecule has 0 atom stereocenters. The summed E-state index contributed by atoms with van der Waals surface area (Å²) in [5.41, 5.74) is 3.12. The Bertz CT molecular complexity index is 1040. The Balaban J connectivity index is 1.48. The highest BCUT2D eigenvalue weighted by Gasteiger charge is 2.14. The SMILES string of the molecule is COc1ccccc1-c1noc(COc2ccccc2Cc2ccccc2)n1. The third kappa shape index (κ3) is 4.04. The van der Waals surface area contributed by atoms with Crippen molar-refractivity contribution in [3.05, 3.63) is 95.9 Å². The molecule has 0 unspecified atom stereocenters. The monoisotopic (exact) mass is 372 g/mol. The molecule has 1 heterocycles. The number of hydrogen-bond donors (Lipinski definition) is 0. The Morgan fingerprint density at radius 3 is 2.36 bits per heavy atom. The van der Waals surface area contributed by atoms with Gasteiger partial charge in [0.25, 0.3) is 5.89 Å². The summed E-state index contributed by atoms with van der Waals surface area (Å²) in [6, 6.07) is 25.9. The molecule has 1 aromatic heterocycles.